The Morgan fingerprint density at radius 3 is 0.932 bits per heavy atom. The first kappa shape index (κ1) is 58.1. The Balaban J connectivity index is 3.56. The number of hydrogen-bond donors (Lipinski definition) is 4. The van der Waals surface area contributed by atoms with Crippen LogP contribution >= 0.6 is 0 Å². The third-order valence-corrected chi connectivity index (χ3v) is 12.9. The molecule has 0 saturated heterocycles. The number of allylic oxidation sites excluding steroid dienone is 1. The van der Waals surface area contributed by atoms with Crippen LogP contribution in [0, 0.1) is 0 Å². The van der Waals surface area contributed by atoms with Gasteiger partial charge in [-0.3, -0.25) is 4.79 Å². The van der Waals surface area contributed by atoms with Gasteiger partial charge in [0.15, 0.2) is 0 Å². The maximum atomic E-state index is 12.5. The SMILES string of the molecule is CCCCCCCCCCCCCCCCCCCCCC/C=C/C(O)C(CO)NC(=O)C(O)CCCCCCCCCCCCCCCCCCCCCCCCC. The van der Waals surface area contributed by atoms with E-state index in [0.717, 1.165) is 32.1 Å². The van der Waals surface area contributed by atoms with Gasteiger partial charge in [-0.15, -0.1) is 0 Å². The van der Waals surface area contributed by atoms with Crippen molar-refractivity contribution in [2.24, 2.45) is 0 Å². The summed E-state index contributed by atoms with van der Waals surface area (Å²) in [4.78, 5) is 12.5. The minimum Gasteiger partial charge on any atom is -0.394 e. The van der Waals surface area contributed by atoms with Crippen LogP contribution in [0.5, 0.6) is 0 Å². The zero-order valence-corrected chi connectivity index (χ0v) is 40.2. The molecular weight excluding hydrogens is 727 g/mol. The molecule has 0 aliphatic carbocycles. The molecule has 352 valence electrons. The van der Waals surface area contributed by atoms with Gasteiger partial charge in [0.1, 0.15) is 6.10 Å². The van der Waals surface area contributed by atoms with E-state index < -0.39 is 24.2 Å². The van der Waals surface area contributed by atoms with Crippen molar-refractivity contribution in [1.82, 2.24) is 5.32 Å². The van der Waals surface area contributed by atoms with Crippen molar-refractivity contribution in [3.8, 4) is 0 Å². The zero-order valence-electron chi connectivity index (χ0n) is 40.2. The number of rotatable bonds is 50. The fourth-order valence-electron chi connectivity index (χ4n) is 8.66. The predicted molar refractivity (Wildman–Crippen MR) is 259 cm³/mol. The maximum Gasteiger partial charge on any atom is 0.249 e. The molecule has 0 saturated carbocycles. The molecule has 59 heavy (non-hydrogen) atoms. The highest BCUT2D eigenvalue weighted by atomic mass is 16.3. The average Bonchev–Trinajstić information content (AvgIpc) is 3.24. The van der Waals surface area contributed by atoms with Crippen molar-refractivity contribution in [3.63, 3.8) is 0 Å². The van der Waals surface area contributed by atoms with E-state index >= 15 is 0 Å². The Morgan fingerprint density at radius 2 is 0.661 bits per heavy atom. The molecule has 0 aromatic carbocycles. The Morgan fingerprint density at radius 1 is 0.407 bits per heavy atom. The van der Waals surface area contributed by atoms with E-state index in [9.17, 15) is 20.1 Å². The first-order chi connectivity index (χ1) is 29.1. The highest BCUT2D eigenvalue weighted by Gasteiger charge is 2.22. The number of hydrogen-bond acceptors (Lipinski definition) is 4. The minimum absolute atomic E-state index is 0.358. The molecule has 0 aromatic heterocycles. The molecule has 5 nitrogen and oxygen atoms in total. The van der Waals surface area contributed by atoms with E-state index in [0.29, 0.717) is 6.42 Å². The summed E-state index contributed by atoms with van der Waals surface area (Å²) in [5.41, 5.74) is 0. The Hall–Kier alpha value is -0.910. The lowest BCUT2D eigenvalue weighted by atomic mass is 10.0. The van der Waals surface area contributed by atoms with Gasteiger partial charge in [0.25, 0.3) is 0 Å². The van der Waals surface area contributed by atoms with Crippen molar-refractivity contribution in [2.45, 2.75) is 321 Å². The van der Waals surface area contributed by atoms with Gasteiger partial charge in [0.2, 0.25) is 5.91 Å². The van der Waals surface area contributed by atoms with Crippen LogP contribution in [0.1, 0.15) is 303 Å². The quantitative estimate of drug-likeness (QED) is 0.0363. The minimum atomic E-state index is -1.09. The van der Waals surface area contributed by atoms with E-state index in [4.69, 9.17) is 0 Å². The molecule has 0 heterocycles. The van der Waals surface area contributed by atoms with Crippen LogP contribution in [-0.4, -0.2) is 46.1 Å². The van der Waals surface area contributed by atoms with Crippen molar-refractivity contribution >= 4 is 5.91 Å². The monoisotopic (exact) mass is 834 g/mol. The number of carbonyl (C=O) groups is 1. The number of amides is 1. The molecule has 5 heteroatoms. The van der Waals surface area contributed by atoms with E-state index in [1.54, 1.807) is 6.08 Å². The van der Waals surface area contributed by atoms with Gasteiger partial charge < -0.3 is 20.6 Å². The zero-order chi connectivity index (χ0) is 43.0. The second kappa shape index (κ2) is 49.7. The van der Waals surface area contributed by atoms with Crippen LogP contribution in [-0.2, 0) is 4.79 Å². The van der Waals surface area contributed by atoms with Gasteiger partial charge in [-0.1, -0.05) is 296 Å². The van der Waals surface area contributed by atoms with Gasteiger partial charge in [0, 0.05) is 0 Å². The smallest absolute Gasteiger partial charge is 0.249 e. The summed E-state index contributed by atoms with van der Waals surface area (Å²) >= 11 is 0. The molecule has 0 fully saturated rings. The maximum absolute atomic E-state index is 12.5. The molecule has 0 radical (unpaired) electrons. The van der Waals surface area contributed by atoms with Gasteiger partial charge >= 0.3 is 0 Å². The Labute approximate surface area is 369 Å². The Kier molecular flexibility index (Phi) is 49.0. The largest absolute Gasteiger partial charge is 0.394 e. The molecule has 3 unspecified atom stereocenters. The lowest BCUT2D eigenvalue weighted by Gasteiger charge is -2.21. The van der Waals surface area contributed by atoms with E-state index in [1.165, 1.54) is 250 Å². The molecular formula is C54H107NO4. The average molecular weight is 834 g/mol. The van der Waals surface area contributed by atoms with Crippen LogP contribution in [0.15, 0.2) is 12.2 Å². The van der Waals surface area contributed by atoms with E-state index in [1.807, 2.05) is 6.08 Å². The predicted octanol–water partition coefficient (Wildman–Crippen LogP) is 16.3. The van der Waals surface area contributed by atoms with Crippen molar-refractivity contribution < 1.29 is 20.1 Å². The molecule has 3 atom stereocenters. The summed E-state index contributed by atoms with van der Waals surface area (Å²) in [5, 5.41) is 33.3. The second-order valence-electron chi connectivity index (χ2n) is 18.8. The third-order valence-electron chi connectivity index (χ3n) is 12.9. The molecule has 1 amide bonds. The third kappa shape index (κ3) is 44.9. The summed E-state index contributed by atoms with van der Waals surface area (Å²) in [6.45, 7) is 4.22. The number of nitrogens with one attached hydrogen (secondary N) is 1. The number of aliphatic hydroxyl groups is 3. The number of aliphatic hydroxyl groups excluding tert-OH is 3. The molecule has 0 aliphatic rings. The summed E-state index contributed by atoms with van der Waals surface area (Å²) in [5.74, 6) is -0.496. The molecule has 0 spiro atoms. The highest BCUT2D eigenvalue weighted by Crippen LogP contribution is 2.18. The standard InChI is InChI=1S/C54H107NO4/c1-3-5-7-9-11-13-15-17-19-21-23-25-27-29-31-33-35-37-39-41-43-45-47-49-53(58)54(59)55-51(50-56)52(57)48-46-44-42-40-38-36-34-32-30-28-26-24-22-20-18-16-14-12-10-8-6-4-2/h46,48,51-53,56-58H,3-45,47,49-50H2,1-2H3,(H,55,59)/b48-46+. The summed E-state index contributed by atoms with van der Waals surface area (Å²) in [6.07, 6.45) is 61.3. The molecule has 0 bridgehead atoms. The van der Waals surface area contributed by atoms with Gasteiger partial charge in [-0.25, -0.2) is 0 Å². The molecule has 0 aromatic rings. The van der Waals surface area contributed by atoms with Crippen LogP contribution in [0.2, 0.25) is 0 Å². The molecule has 4 N–H and O–H groups in total. The van der Waals surface area contributed by atoms with Crippen molar-refractivity contribution in [1.29, 1.82) is 0 Å². The van der Waals surface area contributed by atoms with Gasteiger partial charge in [0.05, 0.1) is 18.8 Å². The van der Waals surface area contributed by atoms with Gasteiger partial charge in [-0.05, 0) is 19.3 Å². The fraction of sp³-hybridized carbons (Fsp3) is 0.944. The van der Waals surface area contributed by atoms with Crippen molar-refractivity contribution in [2.75, 3.05) is 6.61 Å². The van der Waals surface area contributed by atoms with Crippen LogP contribution < -0.4 is 5.32 Å². The summed E-state index contributed by atoms with van der Waals surface area (Å²) in [7, 11) is 0. The molecule has 0 rings (SSSR count). The van der Waals surface area contributed by atoms with Gasteiger partial charge in [-0.2, -0.15) is 0 Å². The Bertz CT molecular complexity index is 833. The topological polar surface area (TPSA) is 89.8 Å². The lowest BCUT2D eigenvalue weighted by molar-refractivity contribution is -0.131. The summed E-state index contributed by atoms with van der Waals surface area (Å²) in [6, 6.07) is -0.794. The second-order valence-corrected chi connectivity index (χ2v) is 18.8. The molecule has 0 aliphatic heterocycles. The normalized spacial score (nSPS) is 13.4. The summed E-state index contributed by atoms with van der Waals surface area (Å²) < 4.78 is 0. The van der Waals surface area contributed by atoms with Crippen LogP contribution in [0.4, 0.5) is 0 Å². The fourth-order valence-corrected chi connectivity index (χ4v) is 8.66. The van der Waals surface area contributed by atoms with E-state index in [-0.39, 0.29) is 6.61 Å². The lowest BCUT2D eigenvalue weighted by Crippen LogP contribution is -2.48. The van der Waals surface area contributed by atoms with Crippen LogP contribution in [0.25, 0.3) is 0 Å². The van der Waals surface area contributed by atoms with E-state index in [2.05, 4.69) is 19.2 Å². The first-order valence-corrected chi connectivity index (χ1v) is 27.0. The number of carbonyl (C=O) groups excluding carboxylic acids is 1. The number of unbranched alkanes of at least 4 members (excludes halogenated alkanes) is 42. The highest BCUT2D eigenvalue weighted by molar-refractivity contribution is 5.80. The van der Waals surface area contributed by atoms with Crippen LogP contribution in [0.3, 0.4) is 0 Å². The van der Waals surface area contributed by atoms with Crippen molar-refractivity contribution in [3.05, 3.63) is 12.2 Å². The first-order valence-electron chi connectivity index (χ1n) is 27.0.